The molecule has 22 heavy (non-hydrogen) atoms. The zero-order valence-electron chi connectivity index (χ0n) is 14.5. The summed E-state index contributed by atoms with van der Waals surface area (Å²) in [4.78, 5) is 14.5. The Morgan fingerprint density at radius 1 is 1.41 bits per heavy atom. The van der Waals surface area contributed by atoms with Crippen molar-refractivity contribution in [2.24, 2.45) is 11.1 Å². The molecule has 0 spiro atoms. The van der Waals surface area contributed by atoms with Crippen LogP contribution in [0.25, 0.3) is 0 Å². The van der Waals surface area contributed by atoms with Crippen molar-refractivity contribution >= 4 is 5.91 Å². The van der Waals surface area contributed by atoms with Gasteiger partial charge in [0.2, 0.25) is 0 Å². The van der Waals surface area contributed by atoms with Crippen LogP contribution >= 0.6 is 0 Å². The summed E-state index contributed by atoms with van der Waals surface area (Å²) in [6.07, 6.45) is 4.83. The molecule has 4 atom stereocenters. The van der Waals surface area contributed by atoms with Crippen LogP contribution < -0.4 is 5.73 Å². The van der Waals surface area contributed by atoms with E-state index in [2.05, 4.69) is 20.8 Å². The van der Waals surface area contributed by atoms with Crippen LogP contribution in [0.3, 0.4) is 0 Å². The van der Waals surface area contributed by atoms with Crippen molar-refractivity contribution in [1.29, 1.82) is 0 Å². The fourth-order valence-corrected chi connectivity index (χ4v) is 3.62. The minimum Gasteiger partial charge on any atom is -0.378 e. The average molecular weight is 312 g/mol. The molecule has 0 aromatic rings. The number of hydrogen-bond acceptors (Lipinski definition) is 4. The third-order valence-electron chi connectivity index (χ3n) is 5.40. The maximum absolute atomic E-state index is 12.6. The number of carbonyl (C=O) groups excluding carboxylic acids is 1. The van der Waals surface area contributed by atoms with Crippen LogP contribution in [0.2, 0.25) is 0 Å². The normalized spacial score (nSPS) is 33.5. The van der Waals surface area contributed by atoms with Crippen LogP contribution in [-0.2, 0) is 14.3 Å². The molecule has 0 bridgehead atoms. The fourth-order valence-electron chi connectivity index (χ4n) is 3.62. The molecular formula is C17H32N2O3. The number of unbranched alkanes of at least 4 members (excludes halogenated alkanes) is 1. The van der Waals surface area contributed by atoms with Gasteiger partial charge in [-0.2, -0.15) is 0 Å². The summed E-state index contributed by atoms with van der Waals surface area (Å²) in [5.41, 5.74) is 5.63. The quantitative estimate of drug-likeness (QED) is 0.730. The second kappa shape index (κ2) is 7.28. The van der Waals surface area contributed by atoms with Crippen molar-refractivity contribution in [2.45, 2.75) is 77.2 Å². The lowest BCUT2D eigenvalue weighted by atomic mass is 9.63. The lowest BCUT2D eigenvalue weighted by Crippen LogP contribution is -2.63. The molecule has 2 N–H and O–H groups in total. The molecule has 0 aromatic carbocycles. The Kier molecular flexibility index (Phi) is 5.86. The summed E-state index contributed by atoms with van der Waals surface area (Å²) in [5.74, 6) is 0.0982. The number of hydrogen-bond donors (Lipinski definition) is 1. The number of likely N-dealkylation sites (N-methyl/N-ethyl adjacent to an activating group) is 1. The largest absolute Gasteiger partial charge is 0.378 e. The molecule has 0 radical (unpaired) electrons. The van der Waals surface area contributed by atoms with Gasteiger partial charge in [0.1, 0.15) is 6.10 Å². The molecule has 2 rings (SSSR count). The Morgan fingerprint density at radius 3 is 2.68 bits per heavy atom. The van der Waals surface area contributed by atoms with E-state index in [4.69, 9.17) is 15.2 Å². The van der Waals surface area contributed by atoms with Crippen LogP contribution in [0.5, 0.6) is 0 Å². The first kappa shape index (κ1) is 17.7. The van der Waals surface area contributed by atoms with Crippen molar-refractivity contribution in [3.63, 3.8) is 0 Å². The smallest absolute Gasteiger partial charge is 0.251 e. The van der Waals surface area contributed by atoms with Gasteiger partial charge < -0.3 is 20.1 Å². The SMILES string of the molecule is CCCCOC1CC(N(C)C(=O)[C@@H]2CC[C@H](CN)O2)C1(C)C. The topological polar surface area (TPSA) is 64.8 Å². The fraction of sp³-hybridized carbons (Fsp3) is 0.941. The summed E-state index contributed by atoms with van der Waals surface area (Å²) >= 11 is 0. The molecule has 1 amide bonds. The summed E-state index contributed by atoms with van der Waals surface area (Å²) in [6.45, 7) is 7.87. The van der Waals surface area contributed by atoms with Gasteiger partial charge in [-0.3, -0.25) is 4.79 Å². The second-order valence-electron chi connectivity index (χ2n) is 7.29. The monoisotopic (exact) mass is 312 g/mol. The minimum absolute atomic E-state index is 0.00399. The van der Waals surface area contributed by atoms with Crippen LogP contribution in [0, 0.1) is 5.41 Å². The zero-order valence-corrected chi connectivity index (χ0v) is 14.5. The molecule has 1 aliphatic carbocycles. The molecular weight excluding hydrogens is 280 g/mol. The minimum atomic E-state index is -0.311. The van der Waals surface area contributed by atoms with E-state index in [1.54, 1.807) is 0 Å². The first-order valence-corrected chi connectivity index (χ1v) is 8.65. The van der Waals surface area contributed by atoms with Gasteiger partial charge in [0.25, 0.3) is 5.91 Å². The van der Waals surface area contributed by atoms with Crippen molar-refractivity contribution in [2.75, 3.05) is 20.2 Å². The highest BCUT2D eigenvalue weighted by Crippen LogP contribution is 2.46. The molecule has 5 heteroatoms. The lowest BCUT2D eigenvalue weighted by Gasteiger charge is -2.55. The van der Waals surface area contributed by atoms with Gasteiger partial charge in [0, 0.05) is 31.7 Å². The Labute approximate surface area is 134 Å². The highest BCUT2D eigenvalue weighted by atomic mass is 16.5. The summed E-state index contributed by atoms with van der Waals surface area (Å²) in [7, 11) is 1.90. The highest BCUT2D eigenvalue weighted by Gasteiger charge is 2.52. The molecule has 1 heterocycles. The van der Waals surface area contributed by atoms with Gasteiger partial charge in [-0.15, -0.1) is 0 Å². The third-order valence-corrected chi connectivity index (χ3v) is 5.40. The van der Waals surface area contributed by atoms with E-state index >= 15 is 0 Å². The zero-order chi connectivity index (χ0) is 16.3. The predicted molar refractivity (Wildman–Crippen MR) is 86.6 cm³/mol. The van der Waals surface area contributed by atoms with Crippen molar-refractivity contribution in [3.05, 3.63) is 0 Å². The number of nitrogens with two attached hydrogens (primary N) is 1. The Balaban J connectivity index is 1.85. The van der Waals surface area contributed by atoms with E-state index in [9.17, 15) is 4.79 Å². The van der Waals surface area contributed by atoms with Gasteiger partial charge in [-0.1, -0.05) is 27.2 Å². The molecule has 1 aliphatic heterocycles. The van der Waals surface area contributed by atoms with E-state index in [0.29, 0.717) is 6.54 Å². The van der Waals surface area contributed by atoms with Gasteiger partial charge in [-0.05, 0) is 25.7 Å². The Morgan fingerprint density at radius 2 is 2.14 bits per heavy atom. The maximum atomic E-state index is 12.6. The molecule has 1 saturated heterocycles. The molecule has 2 fully saturated rings. The predicted octanol–water partition coefficient (Wildman–Crippen LogP) is 1.93. The number of ether oxygens (including phenoxy) is 2. The van der Waals surface area contributed by atoms with Gasteiger partial charge >= 0.3 is 0 Å². The van der Waals surface area contributed by atoms with Crippen LogP contribution in [-0.4, -0.2) is 55.4 Å². The molecule has 2 unspecified atom stereocenters. The summed E-state index contributed by atoms with van der Waals surface area (Å²) in [5, 5.41) is 0. The Bertz CT molecular complexity index is 386. The molecule has 5 nitrogen and oxygen atoms in total. The maximum Gasteiger partial charge on any atom is 0.251 e. The van der Waals surface area contributed by atoms with Crippen LogP contribution in [0.4, 0.5) is 0 Å². The van der Waals surface area contributed by atoms with E-state index < -0.39 is 0 Å². The standard InChI is InChI=1S/C17H32N2O3/c1-5-6-9-21-15-10-14(17(15,2)3)19(4)16(20)13-8-7-12(11-18)22-13/h12-15H,5-11,18H2,1-4H3/t12-,13+,14?,15?/m1/s1. The van der Waals surface area contributed by atoms with E-state index in [0.717, 1.165) is 38.7 Å². The summed E-state index contributed by atoms with van der Waals surface area (Å²) < 4.78 is 11.7. The lowest BCUT2D eigenvalue weighted by molar-refractivity contribution is -0.172. The first-order valence-electron chi connectivity index (χ1n) is 8.65. The highest BCUT2D eigenvalue weighted by molar-refractivity contribution is 5.81. The van der Waals surface area contributed by atoms with Gasteiger partial charge in [-0.25, -0.2) is 0 Å². The number of carbonyl (C=O) groups is 1. The molecule has 1 saturated carbocycles. The number of rotatable bonds is 7. The van der Waals surface area contributed by atoms with Crippen LogP contribution in [0.15, 0.2) is 0 Å². The first-order chi connectivity index (χ1) is 10.4. The van der Waals surface area contributed by atoms with Gasteiger partial charge in [0.15, 0.2) is 0 Å². The van der Waals surface area contributed by atoms with E-state index in [-0.39, 0.29) is 35.7 Å². The molecule has 2 aliphatic rings. The van der Waals surface area contributed by atoms with Crippen LogP contribution in [0.1, 0.15) is 52.9 Å². The van der Waals surface area contributed by atoms with Gasteiger partial charge in [0.05, 0.1) is 12.2 Å². The summed E-state index contributed by atoms with van der Waals surface area (Å²) in [6, 6.07) is 0.229. The molecule has 128 valence electrons. The number of amides is 1. The van der Waals surface area contributed by atoms with Crippen molar-refractivity contribution < 1.29 is 14.3 Å². The third kappa shape index (κ3) is 3.47. The Hall–Kier alpha value is -0.650. The second-order valence-corrected chi connectivity index (χ2v) is 7.29. The van der Waals surface area contributed by atoms with Crippen molar-refractivity contribution in [3.8, 4) is 0 Å². The van der Waals surface area contributed by atoms with Crippen molar-refractivity contribution in [1.82, 2.24) is 4.90 Å². The number of nitrogens with zero attached hydrogens (tertiary/aromatic N) is 1. The van der Waals surface area contributed by atoms with E-state index in [1.165, 1.54) is 0 Å². The average Bonchev–Trinajstić information content (AvgIpc) is 2.97. The molecule has 0 aromatic heterocycles. The van der Waals surface area contributed by atoms with E-state index in [1.807, 2.05) is 11.9 Å².